The normalized spacial score (nSPS) is 13.1. The number of rotatable bonds is 10. The molecule has 0 rings (SSSR count). The van der Waals surface area contributed by atoms with Crippen LogP contribution < -0.4 is 0 Å². The molecule has 0 aromatic carbocycles. The third-order valence-corrected chi connectivity index (χ3v) is 2.59. The predicted octanol–water partition coefficient (Wildman–Crippen LogP) is -1.04. The Morgan fingerprint density at radius 1 is 0.706 bits per heavy atom. The summed E-state index contributed by atoms with van der Waals surface area (Å²) in [7, 11) is 0. The van der Waals surface area contributed by atoms with Crippen molar-refractivity contribution in [2.24, 2.45) is 10.8 Å². The van der Waals surface area contributed by atoms with Crippen molar-refractivity contribution in [2.75, 3.05) is 46.4 Å². The molecular weight excluding hydrogens is 228 g/mol. The second-order valence-corrected chi connectivity index (χ2v) is 5.07. The van der Waals surface area contributed by atoms with E-state index in [0.717, 1.165) is 0 Å². The Morgan fingerprint density at radius 3 is 1.24 bits per heavy atom. The van der Waals surface area contributed by atoms with Gasteiger partial charge in [0.05, 0.1) is 39.6 Å². The standard InChI is InChI=1S/C11H24O6/c1-10(3-12,4-13)7-16-9-17-8-11(2,5-14)6-15/h12-15H,3-9H2,1-2H3. The molecule has 0 atom stereocenters. The molecule has 0 saturated heterocycles. The number of aliphatic hydroxyl groups excluding tert-OH is 4. The molecule has 0 unspecified atom stereocenters. The smallest absolute Gasteiger partial charge is 0.146 e. The molecule has 0 saturated carbocycles. The van der Waals surface area contributed by atoms with E-state index < -0.39 is 10.8 Å². The van der Waals surface area contributed by atoms with Gasteiger partial charge in [-0.25, -0.2) is 0 Å². The highest BCUT2D eigenvalue weighted by molar-refractivity contribution is 4.71. The fourth-order valence-corrected chi connectivity index (χ4v) is 0.918. The fraction of sp³-hybridized carbons (Fsp3) is 1.00. The summed E-state index contributed by atoms with van der Waals surface area (Å²) >= 11 is 0. The molecule has 6 heteroatoms. The van der Waals surface area contributed by atoms with Crippen molar-refractivity contribution in [1.29, 1.82) is 0 Å². The molecule has 0 amide bonds. The van der Waals surface area contributed by atoms with Gasteiger partial charge in [-0.05, 0) is 0 Å². The quantitative estimate of drug-likeness (QED) is 0.293. The average molecular weight is 252 g/mol. The van der Waals surface area contributed by atoms with Crippen LogP contribution in [-0.4, -0.2) is 66.9 Å². The van der Waals surface area contributed by atoms with Gasteiger partial charge in [-0.1, -0.05) is 13.8 Å². The van der Waals surface area contributed by atoms with Gasteiger partial charge in [0.15, 0.2) is 0 Å². The summed E-state index contributed by atoms with van der Waals surface area (Å²) in [5, 5.41) is 36.0. The molecule has 0 fully saturated rings. The van der Waals surface area contributed by atoms with E-state index in [-0.39, 0.29) is 46.4 Å². The molecule has 0 aliphatic heterocycles. The van der Waals surface area contributed by atoms with Crippen molar-refractivity contribution in [3.05, 3.63) is 0 Å². The van der Waals surface area contributed by atoms with E-state index in [1.54, 1.807) is 13.8 Å². The molecule has 0 aromatic rings. The zero-order valence-corrected chi connectivity index (χ0v) is 10.6. The topological polar surface area (TPSA) is 99.4 Å². The van der Waals surface area contributed by atoms with Crippen LogP contribution in [0.15, 0.2) is 0 Å². The number of aliphatic hydroxyl groups is 4. The zero-order valence-electron chi connectivity index (χ0n) is 10.6. The van der Waals surface area contributed by atoms with E-state index in [1.807, 2.05) is 0 Å². The number of hydrogen-bond acceptors (Lipinski definition) is 6. The monoisotopic (exact) mass is 252 g/mol. The molecular formula is C11H24O6. The van der Waals surface area contributed by atoms with Crippen LogP contribution in [0.2, 0.25) is 0 Å². The first-order chi connectivity index (χ1) is 7.95. The average Bonchev–Trinajstić information content (AvgIpc) is 2.37. The highest BCUT2D eigenvalue weighted by Crippen LogP contribution is 2.16. The maximum Gasteiger partial charge on any atom is 0.146 e. The zero-order chi connectivity index (χ0) is 13.4. The minimum atomic E-state index is -0.680. The summed E-state index contributed by atoms with van der Waals surface area (Å²) in [6, 6.07) is 0. The van der Waals surface area contributed by atoms with Crippen LogP contribution >= 0.6 is 0 Å². The van der Waals surface area contributed by atoms with Crippen LogP contribution in [0.25, 0.3) is 0 Å². The largest absolute Gasteiger partial charge is 0.396 e. The van der Waals surface area contributed by atoms with E-state index in [0.29, 0.717) is 0 Å². The van der Waals surface area contributed by atoms with Gasteiger partial charge in [0.2, 0.25) is 0 Å². The molecule has 104 valence electrons. The van der Waals surface area contributed by atoms with Gasteiger partial charge in [0.25, 0.3) is 0 Å². The van der Waals surface area contributed by atoms with Gasteiger partial charge in [-0.2, -0.15) is 0 Å². The SMILES string of the molecule is CC(CO)(CO)COCOCC(C)(CO)CO. The summed E-state index contributed by atoms with van der Waals surface area (Å²) in [5.74, 6) is 0. The molecule has 6 nitrogen and oxygen atoms in total. The molecule has 0 bridgehead atoms. The second-order valence-electron chi connectivity index (χ2n) is 5.07. The molecule has 4 N–H and O–H groups in total. The van der Waals surface area contributed by atoms with E-state index in [4.69, 9.17) is 29.9 Å². The molecule has 0 aromatic heterocycles. The summed E-state index contributed by atoms with van der Waals surface area (Å²) in [5.41, 5.74) is -1.36. The predicted molar refractivity (Wildman–Crippen MR) is 61.3 cm³/mol. The molecule has 17 heavy (non-hydrogen) atoms. The number of hydrogen-bond donors (Lipinski definition) is 4. The van der Waals surface area contributed by atoms with Crippen LogP contribution in [0.1, 0.15) is 13.8 Å². The Hall–Kier alpha value is -0.240. The maximum atomic E-state index is 9.00. The summed E-state index contributed by atoms with van der Waals surface area (Å²) in [6.07, 6.45) is 0. The molecule has 0 radical (unpaired) electrons. The van der Waals surface area contributed by atoms with Crippen LogP contribution in [0, 0.1) is 10.8 Å². The lowest BCUT2D eigenvalue weighted by molar-refractivity contribution is -0.122. The van der Waals surface area contributed by atoms with Crippen molar-refractivity contribution < 1.29 is 29.9 Å². The minimum absolute atomic E-state index is 0.00875. The van der Waals surface area contributed by atoms with E-state index >= 15 is 0 Å². The van der Waals surface area contributed by atoms with E-state index in [2.05, 4.69) is 0 Å². The van der Waals surface area contributed by atoms with Crippen LogP contribution in [0.5, 0.6) is 0 Å². The Labute approximate surface area is 102 Å². The minimum Gasteiger partial charge on any atom is -0.396 e. The van der Waals surface area contributed by atoms with Crippen LogP contribution in [-0.2, 0) is 9.47 Å². The van der Waals surface area contributed by atoms with Gasteiger partial charge in [-0.15, -0.1) is 0 Å². The van der Waals surface area contributed by atoms with Crippen molar-refractivity contribution >= 4 is 0 Å². The molecule has 0 aliphatic carbocycles. The first-order valence-electron chi connectivity index (χ1n) is 5.54. The first kappa shape index (κ1) is 16.8. The van der Waals surface area contributed by atoms with Crippen molar-refractivity contribution in [3.8, 4) is 0 Å². The van der Waals surface area contributed by atoms with E-state index in [9.17, 15) is 0 Å². The van der Waals surface area contributed by atoms with Gasteiger partial charge in [0, 0.05) is 10.8 Å². The van der Waals surface area contributed by atoms with E-state index in [1.165, 1.54) is 0 Å². The summed E-state index contributed by atoms with van der Waals surface area (Å²) < 4.78 is 10.3. The highest BCUT2D eigenvalue weighted by atomic mass is 16.7. The fourth-order valence-electron chi connectivity index (χ4n) is 0.918. The van der Waals surface area contributed by atoms with Crippen LogP contribution in [0.4, 0.5) is 0 Å². The van der Waals surface area contributed by atoms with Gasteiger partial charge in [0.1, 0.15) is 6.79 Å². The van der Waals surface area contributed by atoms with Crippen LogP contribution in [0.3, 0.4) is 0 Å². The third-order valence-electron chi connectivity index (χ3n) is 2.59. The molecule has 0 heterocycles. The van der Waals surface area contributed by atoms with Crippen molar-refractivity contribution in [3.63, 3.8) is 0 Å². The van der Waals surface area contributed by atoms with Crippen molar-refractivity contribution in [1.82, 2.24) is 0 Å². The maximum absolute atomic E-state index is 9.00. The first-order valence-corrected chi connectivity index (χ1v) is 5.54. The number of ether oxygens (including phenoxy) is 2. The Balaban J connectivity index is 3.72. The summed E-state index contributed by atoms with van der Waals surface area (Å²) in [6.45, 7) is 3.04. The third kappa shape index (κ3) is 6.30. The van der Waals surface area contributed by atoms with Gasteiger partial charge < -0.3 is 29.9 Å². The Morgan fingerprint density at radius 2 is 1.00 bits per heavy atom. The van der Waals surface area contributed by atoms with Gasteiger partial charge >= 0.3 is 0 Å². The molecule has 0 aliphatic rings. The Bertz CT molecular complexity index is 168. The molecule has 0 spiro atoms. The summed E-state index contributed by atoms with van der Waals surface area (Å²) in [4.78, 5) is 0. The van der Waals surface area contributed by atoms with Crippen molar-refractivity contribution in [2.45, 2.75) is 13.8 Å². The Kier molecular flexibility index (Phi) is 7.85. The lowest BCUT2D eigenvalue weighted by Crippen LogP contribution is -2.34. The highest BCUT2D eigenvalue weighted by Gasteiger charge is 2.24. The lowest BCUT2D eigenvalue weighted by Gasteiger charge is -2.26. The van der Waals surface area contributed by atoms with Gasteiger partial charge in [-0.3, -0.25) is 0 Å². The lowest BCUT2D eigenvalue weighted by atomic mass is 9.94. The second kappa shape index (κ2) is 7.97.